The van der Waals surface area contributed by atoms with Crippen LogP contribution in [0.3, 0.4) is 0 Å². The Bertz CT molecular complexity index is 946. The van der Waals surface area contributed by atoms with Crippen LogP contribution in [0.2, 0.25) is 0 Å². The Morgan fingerprint density at radius 3 is 2.60 bits per heavy atom. The summed E-state index contributed by atoms with van der Waals surface area (Å²) in [5, 5.41) is 5.65. The van der Waals surface area contributed by atoms with Gasteiger partial charge in [0.1, 0.15) is 12.1 Å². The molecule has 1 aliphatic carbocycles. The summed E-state index contributed by atoms with van der Waals surface area (Å²) in [6.45, 7) is 8.20. The summed E-state index contributed by atoms with van der Waals surface area (Å²) in [4.78, 5) is 11.5. The lowest BCUT2D eigenvalue weighted by Crippen LogP contribution is -2.44. The van der Waals surface area contributed by atoms with E-state index >= 15 is 0 Å². The highest BCUT2D eigenvalue weighted by Gasteiger charge is 2.60. The number of hydrogen-bond donors (Lipinski definition) is 0. The predicted molar refractivity (Wildman–Crippen MR) is 98.9 cm³/mol. The summed E-state index contributed by atoms with van der Waals surface area (Å²) < 4.78 is 1.90. The molecule has 4 heterocycles. The van der Waals surface area contributed by atoms with Gasteiger partial charge in [0.15, 0.2) is 5.82 Å². The van der Waals surface area contributed by atoms with E-state index in [0.29, 0.717) is 16.9 Å². The Hall–Kier alpha value is -2.43. The average Bonchev–Trinajstić information content (AvgIpc) is 3.25. The van der Waals surface area contributed by atoms with E-state index in [2.05, 4.69) is 58.9 Å². The lowest BCUT2D eigenvalue weighted by Gasteiger charge is -2.47. The van der Waals surface area contributed by atoms with E-state index in [1.165, 1.54) is 12.8 Å². The summed E-state index contributed by atoms with van der Waals surface area (Å²) in [5.41, 5.74) is 1.84. The molecule has 128 valence electrons. The molecule has 5 heteroatoms. The van der Waals surface area contributed by atoms with Crippen LogP contribution < -0.4 is 4.90 Å². The minimum Gasteiger partial charge on any atom is -0.353 e. The molecular weight excluding hydrogens is 310 g/mol. The minimum atomic E-state index is 0.340. The van der Waals surface area contributed by atoms with Gasteiger partial charge < -0.3 is 4.90 Å². The van der Waals surface area contributed by atoms with Gasteiger partial charge >= 0.3 is 0 Å². The molecular formula is C20H23N5. The molecule has 0 amide bonds. The second-order valence-electron chi connectivity index (χ2n) is 8.57. The third-order valence-corrected chi connectivity index (χ3v) is 6.38. The van der Waals surface area contributed by atoms with Crippen LogP contribution in [0.25, 0.3) is 16.7 Å². The largest absolute Gasteiger partial charge is 0.353 e. The molecule has 0 N–H and O–H groups in total. The van der Waals surface area contributed by atoms with E-state index in [4.69, 9.17) is 0 Å². The molecule has 3 fully saturated rings. The van der Waals surface area contributed by atoms with Gasteiger partial charge in [-0.1, -0.05) is 39.0 Å². The SMILES string of the molecule is CC(C)(C)C12CC(C1)N(c1cc(-n3ncc4ccccc43)ncn1)C2. The lowest BCUT2D eigenvalue weighted by atomic mass is 9.56. The van der Waals surface area contributed by atoms with Gasteiger partial charge in [-0.3, -0.25) is 0 Å². The second-order valence-corrected chi connectivity index (χ2v) is 8.57. The molecule has 0 spiro atoms. The molecule has 3 aromatic rings. The van der Waals surface area contributed by atoms with Crippen molar-refractivity contribution >= 4 is 16.7 Å². The van der Waals surface area contributed by atoms with E-state index in [1.807, 2.05) is 23.0 Å². The standard InChI is InChI=1S/C20H23N5/c1-19(2,3)20-9-15(10-20)24(12-20)17-8-18(22-13-21-17)25-16-7-5-4-6-14(16)11-23-25/h4-8,11,13,15H,9-10,12H2,1-3H3. The van der Waals surface area contributed by atoms with Gasteiger partial charge in [-0.15, -0.1) is 0 Å². The first kappa shape index (κ1) is 14.9. The molecule has 3 aliphatic rings. The molecule has 5 nitrogen and oxygen atoms in total. The topological polar surface area (TPSA) is 46.8 Å². The highest BCUT2D eigenvalue weighted by molar-refractivity contribution is 5.79. The zero-order valence-corrected chi connectivity index (χ0v) is 15.0. The van der Waals surface area contributed by atoms with Gasteiger partial charge in [-0.2, -0.15) is 5.10 Å². The first-order valence-corrected chi connectivity index (χ1v) is 8.99. The fourth-order valence-electron chi connectivity index (χ4n) is 4.53. The molecule has 2 bridgehead atoms. The fraction of sp³-hybridized carbons (Fsp3) is 0.450. The van der Waals surface area contributed by atoms with Crippen molar-refractivity contribution in [2.24, 2.45) is 10.8 Å². The molecule has 2 aliphatic heterocycles. The summed E-state index contributed by atoms with van der Waals surface area (Å²) >= 11 is 0. The van der Waals surface area contributed by atoms with E-state index in [9.17, 15) is 0 Å². The maximum absolute atomic E-state index is 4.58. The van der Waals surface area contributed by atoms with E-state index in [0.717, 1.165) is 29.1 Å². The molecule has 1 aromatic carbocycles. The van der Waals surface area contributed by atoms with Gasteiger partial charge in [0.05, 0.1) is 11.7 Å². The summed E-state index contributed by atoms with van der Waals surface area (Å²) in [5.74, 6) is 1.86. The van der Waals surface area contributed by atoms with Crippen molar-refractivity contribution in [3.8, 4) is 5.82 Å². The van der Waals surface area contributed by atoms with E-state index in [1.54, 1.807) is 6.33 Å². The third kappa shape index (κ3) is 2.04. The van der Waals surface area contributed by atoms with E-state index in [-0.39, 0.29) is 0 Å². The second kappa shape index (κ2) is 4.81. The van der Waals surface area contributed by atoms with Gasteiger partial charge in [0.2, 0.25) is 0 Å². The molecule has 0 unspecified atom stereocenters. The molecule has 6 rings (SSSR count). The molecule has 0 atom stereocenters. The minimum absolute atomic E-state index is 0.340. The van der Waals surface area contributed by atoms with Crippen LogP contribution in [-0.2, 0) is 0 Å². The van der Waals surface area contributed by atoms with Crippen molar-refractivity contribution in [1.29, 1.82) is 0 Å². The first-order chi connectivity index (χ1) is 12.0. The number of para-hydroxylation sites is 1. The van der Waals surface area contributed by atoms with Gasteiger partial charge in [-0.05, 0) is 29.7 Å². The van der Waals surface area contributed by atoms with Crippen molar-refractivity contribution in [2.45, 2.75) is 39.7 Å². The van der Waals surface area contributed by atoms with Gasteiger partial charge in [0.25, 0.3) is 0 Å². The number of nitrogens with zero attached hydrogens (tertiary/aromatic N) is 5. The van der Waals surface area contributed by atoms with E-state index < -0.39 is 0 Å². The maximum Gasteiger partial charge on any atom is 0.159 e. The Labute approximate surface area is 147 Å². The first-order valence-electron chi connectivity index (χ1n) is 8.99. The van der Waals surface area contributed by atoms with Crippen molar-refractivity contribution in [3.63, 3.8) is 0 Å². The monoisotopic (exact) mass is 333 g/mol. The van der Waals surface area contributed by atoms with Gasteiger partial charge in [-0.25, -0.2) is 14.6 Å². The number of aromatic nitrogens is 4. The normalized spacial score (nSPS) is 25.4. The number of hydrogen-bond acceptors (Lipinski definition) is 4. The Morgan fingerprint density at radius 1 is 1.08 bits per heavy atom. The zero-order valence-electron chi connectivity index (χ0n) is 15.0. The number of anilines is 1. The smallest absolute Gasteiger partial charge is 0.159 e. The highest BCUT2D eigenvalue weighted by atomic mass is 15.3. The quantitative estimate of drug-likeness (QED) is 0.715. The highest BCUT2D eigenvalue weighted by Crippen LogP contribution is 2.61. The molecule has 1 saturated carbocycles. The number of benzene rings is 1. The van der Waals surface area contributed by atoms with Crippen LogP contribution in [-0.4, -0.2) is 32.3 Å². The Morgan fingerprint density at radius 2 is 1.84 bits per heavy atom. The van der Waals surface area contributed by atoms with Crippen LogP contribution in [0.5, 0.6) is 0 Å². The Balaban J connectivity index is 1.51. The molecule has 2 saturated heterocycles. The van der Waals surface area contributed by atoms with Crippen molar-refractivity contribution in [3.05, 3.63) is 42.9 Å². The Kier molecular flexibility index (Phi) is 2.86. The average molecular weight is 333 g/mol. The predicted octanol–water partition coefficient (Wildman–Crippen LogP) is 3.83. The summed E-state index contributed by atoms with van der Waals surface area (Å²) in [6.07, 6.45) is 6.11. The van der Waals surface area contributed by atoms with Crippen LogP contribution in [0.15, 0.2) is 42.9 Å². The molecule has 25 heavy (non-hydrogen) atoms. The lowest BCUT2D eigenvalue weighted by molar-refractivity contribution is 0.0440. The fourth-order valence-corrected chi connectivity index (χ4v) is 4.53. The summed E-state index contributed by atoms with van der Waals surface area (Å²) in [6, 6.07) is 10.9. The molecule has 2 aromatic heterocycles. The van der Waals surface area contributed by atoms with Crippen LogP contribution in [0.1, 0.15) is 33.6 Å². The van der Waals surface area contributed by atoms with Crippen LogP contribution in [0, 0.1) is 10.8 Å². The van der Waals surface area contributed by atoms with Crippen molar-refractivity contribution in [2.75, 3.05) is 11.4 Å². The van der Waals surface area contributed by atoms with Gasteiger partial charge in [0, 0.05) is 24.0 Å². The van der Waals surface area contributed by atoms with Crippen LogP contribution in [0.4, 0.5) is 5.82 Å². The molecule has 0 radical (unpaired) electrons. The maximum atomic E-state index is 4.58. The summed E-state index contributed by atoms with van der Waals surface area (Å²) in [7, 11) is 0. The van der Waals surface area contributed by atoms with Crippen molar-refractivity contribution in [1.82, 2.24) is 19.7 Å². The zero-order chi connectivity index (χ0) is 17.2. The van der Waals surface area contributed by atoms with Crippen LogP contribution >= 0.6 is 0 Å². The van der Waals surface area contributed by atoms with Crippen molar-refractivity contribution < 1.29 is 0 Å². The number of rotatable bonds is 2. The third-order valence-electron chi connectivity index (χ3n) is 6.38. The number of fused-ring (bicyclic) bond motifs is 2.